The van der Waals surface area contributed by atoms with Crippen LogP contribution < -0.4 is 4.74 Å². The van der Waals surface area contributed by atoms with E-state index in [0.29, 0.717) is 21.6 Å². The maximum absolute atomic E-state index is 5.82. The van der Waals surface area contributed by atoms with E-state index in [9.17, 15) is 0 Å². The quantitative estimate of drug-likeness (QED) is 0.662. The summed E-state index contributed by atoms with van der Waals surface area (Å²) in [6, 6.07) is 5.05. The van der Waals surface area contributed by atoms with Crippen LogP contribution in [0, 0.1) is 0 Å². The summed E-state index contributed by atoms with van der Waals surface area (Å²) >= 11 is 11.5. The van der Waals surface area contributed by atoms with E-state index >= 15 is 0 Å². The van der Waals surface area contributed by atoms with E-state index in [1.165, 1.54) is 0 Å². The lowest BCUT2D eigenvalue weighted by Gasteiger charge is -2.05. The summed E-state index contributed by atoms with van der Waals surface area (Å²) in [5.41, 5.74) is 0. The van der Waals surface area contributed by atoms with Gasteiger partial charge in [-0.2, -0.15) is 0 Å². The highest BCUT2D eigenvalue weighted by Crippen LogP contribution is 2.28. The molecule has 0 unspecified atom stereocenters. The molecule has 0 fully saturated rings. The van der Waals surface area contributed by atoms with Gasteiger partial charge in [0.25, 0.3) is 0 Å². The molecule has 0 saturated heterocycles. The van der Waals surface area contributed by atoms with Crippen molar-refractivity contribution >= 4 is 23.2 Å². The zero-order chi connectivity index (χ0) is 9.14. The lowest BCUT2D eigenvalue weighted by molar-refractivity contribution is 0.431. The molecule has 0 spiro atoms. The number of ether oxygens (including phenoxy) is 1. The van der Waals surface area contributed by atoms with Crippen LogP contribution in [-0.4, -0.2) is 0 Å². The summed E-state index contributed by atoms with van der Waals surface area (Å²) in [4.78, 5) is 0. The normalized spacial score (nSPS) is 9.58. The summed E-state index contributed by atoms with van der Waals surface area (Å²) < 4.78 is 5.21. The monoisotopic (exact) mass is 202 g/mol. The summed E-state index contributed by atoms with van der Waals surface area (Å²) in [6.45, 7) is 5.35. The Balaban J connectivity index is 2.93. The van der Waals surface area contributed by atoms with Crippen molar-refractivity contribution in [2.45, 2.75) is 6.92 Å². The second kappa shape index (κ2) is 3.83. The molecule has 1 aromatic rings. The average Bonchev–Trinajstić information content (AvgIpc) is 1.94. The minimum Gasteiger partial charge on any atom is -0.461 e. The smallest absolute Gasteiger partial charge is 0.145 e. The third-order valence-electron chi connectivity index (χ3n) is 1.18. The molecule has 0 bridgehead atoms. The molecule has 3 heteroatoms. The molecule has 0 heterocycles. The van der Waals surface area contributed by atoms with E-state index in [1.54, 1.807) is 25.1 Å². The van der Waals surface area contributed by atoms with Gasteiger partial charge in [0.2, 0.25) is 0 Å². The summed E-state index contributed by atoms with van der Waals surface area (Å²) in [5.74, 6) is 1.17. The summed E-state index contributed by atoms with van der Waals surface area (Å²) in [7, 11) is 0. The molecule has 0 aliphatic carbocycles. The molecular weight excluding hydrogens is 195 g/mol. The van der Waals surface area contributed by atoms with Crippen molar-refractivity contribution in [2.75, 3.05) is 0 Å². The van der Waals surface area contributed by atoms with Gasteiger partial charge in [-0.3, -0.25) is 0 Å². The first-order valence-corrected chi connectivity index (χ1v) is 4.13. The van der Waals surface area contributed by atoms with Crippen molar-refractivity contribution in [3.8, 4) is 5.75 Å². The molecule has 0 radical (unpaired) electrons. The minimum absolute atomic E-state index is 0.491. The fourth-order valence-corrected chi connectivity index (χ4v) is 1.19. The highest BCUT2D eigenvalue weighted by atomic mass is 35.5. The van der Waals surface area contributed by atoms with Gasteiger partial charge in [0.15, 0.2) is 0 Å². The second-order valence-electron chi connectivity index (χ2n) is 2.38. The van der Waals surface area contributed by atoms with Crippen molar-refractivity contribution < 1.29 is 4.74 Å². The highest BCUT2D eigenvalue weighted by molar-refractivity contribution is 6.35. The maximum Gasteiger partial charge on any atom is 0.145 e. The Bertz CT molecular complexity index is 307. The molecule has 1 aromatic carbocycles. The van der Waals surface area contributed by atoms with Crippen molar-refractivity contribution in [3.05, 3.63) is 40.6 Å². The number of allylic oxidation sites excluding steroid dienone is 1. The molecule has 0 aromatic heterocycles. The maximum atomic E-state index is 5.82. The van der Waals surface area contributed by atoms with Crippen LogP contribution in [0.3, 0.4) is 0 Å². The fraction of sp³-hybridized carbons (Fsp3) is 0.111. The third kappa shape index (κ3) is 2.43. The zero-order valence-electron chi connectivity index (χ0n) is 6.60. The second-order valence-corrected chi connectivity index (χ2v) is 3.22. The predicted octanol–water partition coefficient (Wildman–Crippen LogP) is 3.91. The SMILES string of the molecule is C=C(C)Oc1ccc(Cl)cc1Cl. The Kier molecular flexibility index (Phi) is 3.01. The summed E-state index contributed by atoms with van der Waals surface area (Å²) in [5, 5.41) is 1.08. The van der Waals surface area contributed by atoms with Gasteiger partial charge in [0.1, 0.15) is 5.75 Å². The van der Waals surface area contributed by atoms with Crippen LogP contribution in [0.2, 0.25) is 10.0 Å². The van der Waals surface area contributed by atoms with E-state index in [4.69, 9.17) is 27.9 Å². The Labute approximate surface area is 81.6 Å². The number of hydrogen-bond acceptors (Lipinski definition) is 1. The molecule has 0 saturated carbocycles. The van der Waals surface area contributed by atoms with Crippen LogP contribution in [0.5, 0.6) is 5.75 Å². The van der Waals surface area contributed by atoms with Crippen molar-refractivity contribution in [2.24, 2.45) is 0 Å². The van der Waals surface area contributed by atoms with Crippen molar-refractivity contribution in [3.63, 3.8) is 0 Å². The molecule has 0 aliphatic heterocycles. The van der Waals surface area contributed by atoms with Gasteiger partial charge < -0.3 is 4.74 Å². The number of hydrogen-bond donors (Lipinski definition) is 0. The Morgan fingerprint density at radius 2 is 2.08 bits per heavy atom. The van der Waals surface area contributed by atoms with Crippen LogP contribution in [0.4, 0.5) is 0 Å². The largest absolute Gasteiger partial charge is 0.461 e. The number of halogens is 2. The van der Waals surface area contributed by atoms with E-state index in [1.807, 2.05) is 0 Å². The number of benzene rings is 1. The number of rotatable bonds is 2. The Hall–Kier alpha value is -0.660. The summed E-state index contributed by atoms with van der Waals surface area (Å²) in [6.07, 6.45) is 0. The lowest BCUT2D eigenvalue weighted by atomic mass is 10.3. The zero-order valence-corrected chi connectivity index (χ0v) is 8.12. The fourth-order valence-electron chi connectivity index (χ4n) is 0.746. The first-order valence-electron chi connectivity index (χ1n) is 3.38. The molecular formula is C9H8Cl2O. The van der Waals surface area contributed by atoms with E-state index in [0.717, 1.165) is 0 Å². The topological polar surface area (TPSA) is 9.23 Å². The van der Waals surface area contributed by atoms with Crippen LogP contribution >= 0.6 is 23.2 Å². The van der Waals surface area contributed by atoms with E-state index in [2.05, 4.69) is 6.58 Å². The van der Waals surface area contributed by atoms with Crippen LogP contribution in [-0.2, 0) is 0 Å². The minimum atomic E-state index is 0.491. The van der Waals surface area contributed by atoms with Gasteiger partial charge in [0.05, 0.1) is 10.8 Å². The first kappa shape index (κ1) is 9.43. The average molecular weight is 203 g/mol. The molecule has 0 aliphatic rings. The van der Waals surface area contributed by atoms with Crippen LogP contribution in [0.25, 0.3) is 0 Å². The van der Waals surface area contributed by atoms with Gasteiger partial charge in [-0.15, -0.1) is 0 Å². The Morgan fingerprint density at radius 3 is 2.58 bits per heavy atom. The standard InChI is InChI=1S/C9H8Cl2O/c1-6(2)12-9-4-3-7(10)5-8(9)11/h3-5H,1H2,2H3. The molecule has 0 amide bonds. The molecule has 0 atom stereocenters. The molecule has 0 N–H and O–H groups in total. The van der Waals surface area contributed by atoms with Crippen LogP contribution in [0.15, 0.2) is 30.5 Å². The van der Waals surface area contributed by atoms with Gasteiger partial charge in [-0.25, -0.2) is 0 Å². The van der Waals surface area contributed by atoms with Gasteiger partial charge in [-0.1, -0.05) is 29.8 Å². The van der Waals surface area contributed by atoms with E-state index < -0.39 is 0 Å². The molecule has 1 nitrogen and oxygen atoms in total. The Morgan fingerprint density at radius 1 is 1.42 bits per heavy atom. The van der Waals surface area contributed by atoms with Gasteiger partial charge >= 0.3 is 0 Å². The van der Waals surface area contributed by atoms with Crippen molar-refractivity contribution in [1.82, 2.24) is 0 Å². The lowest BCUT2D eigenvalue weighted by Crippen LogP contribution is -1.88. The van der Waals surface area contributed by atoms with Gasteiger partial charge in [0, 0.05) is 5.02 Å². The first-order chi connectivity index (χ1) is 5.59. The van der Waals surface area contributed by atoms with E-state index in [-0.39, 0.29) is 0 Å². The predicted molar refractivity (Wildman–Crippen MR) is 51.9 cm³/mol. The van der Waals surface area contributed by atoms with Crippen LogP contribution in [0.1, 0.15) is 6.92 Å². The molecule has 64 valence electrons. The van der Waals surface area contributed by atoms with Crippen molar-refractivity contribution in [1.29, 1.82) is 0 Å². The van der Waals surface area contributed by atoms with Gasteiger partial charge in [-0.05, 0) is 25.1 Å². The third-order valence-corrected chi connectivity index (χ3v) is 1.71. The highest BCUT2D eigenvalue weighted by Gasteiger charge is 2.01. The molecule has 12 heavy (non-hydrogen) atoms. The molecule has 1 rings (SSSR count).